The number of halogens is 6. The van der Waals surface area contributed by atoms with Crippen molar-refractivity contribution in [3.63, 3.8) is 0 Å². The Bertz CT molecular complexity index is 1360. The van der Waals surface area contributed by atoms with E-state index in [-0.39, 0.29) is 29.4 Å². The molecule has 1 saturated heterocycles. The number of aliphatic hydroxyl groups is 1. The number of anilines is 1. The minimum Gasteiger partial charge on any atom is -0.369 e. The molecular weight excluding hydrogens is 566 g/mol. The normalized spacial score (nSPS) is 19.8. The van der Waals surface area contributed by atoms with Gasteiger partial charge in [0.25, 0.3) is 5.60 Å². The van der Waals surface area contributed by atoms with E-state index in [1.54, 1.807) is 29.2 Å². The van der Waals surface area contributed by atoms with Crippen molar-refractivity contribution in [3.05, 3.63) is 88.9 Å². The fourth-order valence-corrected chi connectivity index (χ4v) is 6.79. The molecule has 1 fully saturated rings. The van der Waals surface area contributed by atoms with Crippen LogP contribution in [0.25, 0.3) is 0 Å². The van der Waals surface area contributed by atoms with E-state index >= 15 is 0 Å². The smallest absolute Gasteiger partial charge is 0.369 e. The zero-order chi connectivity index (χ0) is 28.6. The van der Waals surface area contributed by atoms with Crippen LogP contribution in [0.2, 0.25) is 0 Å². The van der Waals surface area contributed by atoms with Gasteiger partial charge in [-0.3, -0.25) is 0 Å². The molecule has 0 amide bonds. The third-order valence-corrected chi connectivity index (χ3v) is 9.24. The molecule has 5 nitrogen and oxygen atoms in total. The highest BCUT2D eigenvalue weighted by Gasteiger charge is 2.71. The third-order valence-electron chi connectivity index (χ3n) is 6.78. The van der Waals surface area contributed by atoms with Gasteiger partial charge in [-0.15, -0.1) is 0 Å². The fourth-order valence-electron chi connectivity index (χ4n) is 4.72. The lowest BCUT2D eigenvalue weighted by Gasteiger charge is -2.43. The van der Waals surface area contributed by atoms with E-state index < -0.39 is 39.6 Å². The van der Waals surface area contributed by atoms with Crippen molar-refractivity contribution in [3.8, 4) is 0 Å². The van der Waals surface area contributed by atoms with Crippen LogP contribution in [0.3, 0.4) is 0 Å². The number of sulfonamides is 1. The molecule has 1 aliphatic heterocycles. The molecule has 39 heavy (non-hydrogen) atoms. The summed E-state index contributed by atoms with van der Waals surface area (Å²) in [4.78, 5) is 2.07. The summed E-state index contributed by atoms with van der Waals surface area (Å²) in [5, 5.41) is 9.72. The molecule has 2 aliphatic rings. The SMILES string of the molecule is O=S(=O)(C1=CC=CCC1=S)N1CCN(c2ccc(C(O)(C(F)(F)F)C(F)(F)F)cc2)[C@@H](Cc2ccccc2)C1. The Hall–Kier alpha value is -2.74. The molecule has 1 heterocycles. The lowest BCUT2D eigenvalue weighted by Crippen LogP contribution is -2.56. The number of benzene rings is 2. The van der Waals surface area contributed by atoms with Crippen LogP contribution in [0.1, 0.15) is 17.5 Å². The van der Waals surface area contributed by atoms with E-state index in [0.29, 0.717) is 30.7 Å². The van der Waals surface area contributed by atoms with Crippen LogP contribution in [0.5, 0.6) is 0 Å². The molecular formula is C26H24F6N2O3S2. The second-order valence-corrected chi connectivity index (χ2v) is 11.6. The van der Waals surface area contributed by atoms with E-state index in [1.807, 2.05) is 18.2 Å². The fraction of sp³-hybridized carbons (Fsp3) is 0.346. The molecule has 2 aromatic carbocycles. The van der Waals surface area contributed by atoms with Crippen molar-refractivity contribution in [1.82, 2.24) is 4.31 Å². The summed E-state index contributed by atoms with van der Waals surface area (Å²) >= 11 is 5.26. The van der Waals surface area contributed by atoms with Crippen molar-refractivity contribution >= 4 is 32.8 Å². The number of alkyl halides is 6. The molecule has 1 N–H and O–H groups in total. The average Bonchev–Trinajstić information content (AvgIpc) is 2.88. The minimum absolute atomic E-state index is 0.0116. The van der Waals surface area contributed by atoms with Crippen molar-refractivity contribution in [2.24, 2.45) is 0 Å². The van der Waals surface area contributed by atoms with Crippen molar-refractivity contribution in [1.29, 1.82) is 0 Å². The number of thiocarbonyl (C=S) groups is 1. The Balaban J connectivity index is 1.66. The molecule has 1 aliphatic carbocycles. The molecule has 0 aromatic heterocycles. The number of nitrogens with zero attached hydrogens (tertiary/aromatic N) is 2. The van der Waals surface area contributed by atoms with Gasteiger partial charge in [-0.05, 0) is 30.2 Å². The second kappa shape index (κ2) is 10.7. The lowest BCUT2D eigenvalue weighted by atomic mass is 9.92. The zero-order valence-electron chi connectivity index (χ0n) is 20.3. The van der Waals surface area contributed by atoms with E-state index in [2.05, 4.69) is 0 Å². The second-order valence-electron chi connectivity index (χ2n) is 9.24. The number of hydrogen-bond donors (Lipinski definition) is 1. The van der Waals surface area contributed by atoms with Crippen LogP contribution in [-0.2, 0) is 22.0 Å². The van der Waals surface area contributed by atoms with E-state index in [1.165, 1.54) is 10.4 Å². The molecule has 0 bridgehead atoms. The molecule has 210 valence electrons. The maximum Gasteiger partial charge on any atom is 0.430 e. The molecule has 1 atom stereocenters. The first-order valence-electron chi connectivity index (χ1n) is 11.8. The molecule has 0 radical (unpaired) electrons. The highest BCUT2D eigenvalue weighted by molar-refractivity contribution is 7.96. The Morgan fingerprint density at radius 1 is 0.923 bits per heavy atom. The highest BCUT2D eigenvalue weighted by Crippen LogP contribution is 2.50. The number of piperazine rings is 1. The van der Waals surface area contributed by atoms with E-state index in [4.69, 9.17) is 12.2 Å². The van der Waals surface area contributed by atoms with Crippen molar-refractivity contribution in [2.45, 2.75) is 36.8 Å². The summed E-state index contributed by atoms with van der Waals surface area (Å²) in [6, 6.07) is 11.9. The van der Waals surface area contributed by atoms with Gasteiger partial charge in [-0.2, -0.15) is 30.6 Å². The van der Waals surface area contributed by atoms with Crippen molar-refractivity contribution in [2.75, 3.05) is 24.5 Å². The van der Waals surface area contributed by atoms with Gasteiger partial charge in [0.15, 0.2) is 0 Å². The largest absolute Gasteiger partial charge is 0.430 e. The van der Waals surface area contributed by atoms with E-state index in [9.17, 15) is 39.9 Å². The Kier molecular flexibility index (Phi) is 8.01. The Labute approximate surface area is 227 Å². The molecule has 0 spiro atoms. The van der Waals surface area contributed by atoms with Crippen LogP contribution < -0.4 is 4.90 Å². The van der Waals surface area contributed by atoms with Gasteiger partial charge >= 0.3 is 12.4 Å². The maximum absolute atomic E-state index is 13.4. The lowest BCUT2D eigenvalue weighted by molar-refractivity contribution is -0.376. The third kappa shape index (κ3) is 5.63. The first-order chi connectivity index (χ1) is 18.2. The van der Waals surface area contributed by atoms with Gasteiger partial charge in [0.1, 0.15) is 0 Å². The molecule has 0 unspecified atom stereocenters. The Morgan fingerprint density at radius 2 is 1.54 bits per heavy atom. The summed E-state index contributed by atoms with van der Waals surface area (Å²) < 4.78 is 108. The summed E-state index contributed by atoms with van der Waals surface area (Å²) in [6.45, 7) is 0.153. The van der Waals surface area contributed by atoms with Crippen LogP contribution in [0.4, 0.5) is 32.0 Å². The van der Waals surface area contributed by atoms with Crippen molar-refractivity contribution < 1.29 is 39.9 Å². The van der Waals surface area contributed by atoms with Gasteiger partial charge in [-0.25, -0.2) is 8.42 Å². The van der Waals surface area contributed by atoms with Gasteiger partial charge in [0.2, 0.25) is 10.0 Å². The maximum atomic E-state index is 13.4. The summed E-state index contributed by atoms with van der Waals surface area (Å²) in [6.07, 6.45) is -6.50. The number of rotatable bonds is 6. The first-order valence-corrected chi connectivity index (χ1v) is 13.7. The zero-order valence-corrected chi connectivity index (χ0v) is 21.9. The molecule has 4 rings (SSSR count). The topological polar surface area (TPSA) is 60.9 Å². The van der Waals surface area contributed by atoms with Gasteiger partial charge in [0, 0.05) is 48.2 Å². The van der Waals surface area contributed by atoms with Gasteiger partial charge in [-0.1, -0.05) is 66.8 Å². The molecule has 0 saturated carbocycles. The Morgan fingerprint density at radius 3 is 2.10 bits per heavy atom. The van der Waals surface area contributed by atoms with Crippen LogP contribution in [0.15, 0.2) is 77.7 Å². The van der Waals surface area contributed by atoms with Crippen LogP contribution in [-0.4, -0.2) is 60.7 Å². The summed E-state index contributed by atoms with van der Waals surface area (Å²) in [5.74, 6) is 0. The average molecular weight is 591 g/mol. The quantitative estimate of drug-likeness (QED) is 0.367. The van der Waals surface area contributed by atoms with Crippen LogP contribution >= 0.6 is 12.2 Å². The van der Waals surface area contributed by atoms with Gasteiger partial charge < -0.3 is 10.0 Å². The highest BCUT2D eigenvalue weighted by atomic mass is 32.2. The van der Waals surface area contributed by atoms with Gasteiger partial charge in [0.05, 0.1) is 4.91 Å². The summed E-state index contributed by atoms with van der Waals surface area (Å²) in [7, 11) is -3.93. The predicted molar refractivity (Wildman–Crippen MR) is 139 cm³/mol. The molecule has 13 heteroatoms. The molecule has 2 aromatic rings. The first kappa shape index (κ1) is 29.2. The standard InChI is InChI=1S/C26H24F6N2O3S2/c27-25(28,29)24(35,26(30,31)32)19-10-12-20(13-11-19)34-15-14-33(17-21(34)16-18-6-2-1-3-7-18)39(36,37)23-9-5-4-8-22(23)38/h1-7,9-13,21,35H,8,14-17H2/t21-/m0/s1. The number of allylic oxidation sites excluding steroid dienone is 4. The van der Waals surface area contributed by atoms with E-state index in [0.717, 1.165) is 17.7 Å². The predicted octanol–water partition coefficient (Wildman–Crippen LogP) is 5.28. The minimum atomic E-state index is -5.99. The summed E-state index contributed by atoms with van der Waals surface area (Å²) in [5.41, 5.74) is -5.24. The monoisotopic (exact) mass is 590 g/mol. The number of hydrogen-bond acceptors (Lipinski definition) is 5. The van der Waals surface area contributed by atoms with Crippen LogP contribution in [0, 0.1) is 0 Å².